The first-order chi connectivity index (χ1) is 11.9. The van der Waals surface area contributed by atoms with Crippen LogP contribution in [0.4, 0.5) is 10.5 Å². The molecule has 1 aliphatic rings. The molecular weight excluding hydrogens is 320 g/mol. The van der Waals surface area contributed by atoms with Gasteiger partial charge in [-0.05, 0) is 24.0 Å². The summed E-state index contributed by atoms with van der Waals surface area (Å²) in [5.41, 5.74) is 1.54. The fourth-order valence-electron chi connectivity index (χ4n) is 3.21. The van der Waals surface area contributed by atoms with Crippen molar-refractivity contribution in [2.75, 3.05) is 18.4 Å². The number of para-hydroxylation sites is 1. The second-order valence-electron chi connectivity index (χ2n) is 6.65. The number of carbonyl (C=O) groups excluding carboxylic acids is 1. The summed E-state index contributed by atoms with van der Waals surface area (Å²) in [6, 6.07) is 8.99. The molecule has 2 aromatic rings. The van der Waals surface area contributed by atoms with Gasteiger partial charge >= 0.3 is 11.7 Å². The Morgan fingerprint density at radius 1 is 1.24 bits per heavy atom. The summed E-state index contributed by atoms with van der Waals surface area (Å²) in [6.07, 6.45) is 0.707. The van der Waals surface area contributed by atoms with Crippen molar-refractivity contribution < 1.29 is 4.79 Å². The fourth-order valence-corrected chi connectivity index (χ4v) is 3.21. The van der Waals surface area contributed by atoms with E-state index in [1.165, 1.54) is 6.07 Å². The number of hydrogen-bond donors (Lipinski definition) is 3. The fraction of sp³-hybridized carbons (Fsp3) is 0.389. The van der Waals surface area contributed by atoms with Crippen LogP contribution in [-0.2, 0) is 0 Å². The zero-order valence-corrected chi connectivity index (χ0v) is 14.3. The Kier molecular flexibility index (Phi) is 4.74. The Morgan fingerprint density at radius 3 is 2.72 bits per heavy atom. The van der Waals surface area contributed by atoms with Crippen LogP contribution in [0.3, 0.4) is 0 Å². The minimum atomic E-state index is -0.517. The Balaban J connectivity index is 1.71. The van der Waals surface area contributed by atoms with Crippen LogP contribution in [0.5, 0.6) is 0 Å². The van der Waals surface area contributed by atoms with Crippen molar-refractivity contribution in [1.29, 1.82) is 0 Å². The number of anilines is 1. The molecule has 1 aromatic carbocycles. The molecule has 1 unspecified atom stereocenters. The number of urea groups is 1. The SMILES string of the molecule is CC(C)c1ccccc1NC(=O)N1CCC(c2cc(=O)[nH]c(=O)[nH]2)C1. The number of aromatic nitrogens is 2. The Labute approximate surface area is 145 Å². The molecule has 1 atom stereocenters. The van der Waals surface area contributed by atoms with E-state index in [9.17, 15) is 14.4 Å². The maximum Gasteiger partial charge on any atom is 0.325 e. The molecule has 2 heterocycles. The lowest BCUT2D eigenvalue weighted by molar-refractivity contribution is 0.222. The third-order valence-corrected chi connectivity index (χ3v) is 4.52. The number of nitrogens with one attached hydrogen (secondary N) is 3. The Morgan fingerprint density at radius 2 is 2.00 bits per heavy atom. The van der Waals surface area contributed by atoms with Gasteiger partial charge < -0.3 is 15.2 Å². The normalized spacial score (nSPS) is 17.1. The number of carbonyl (C=O) groups is 1. The van der Waals surface area contributed by atoms with E-state index in [4.69, 9.17) is 0 Å². The Hall–Kier alpha value is -2.83. The minimum absolute atomic E-state index is 0.0407. The van der Waals surface area contributed by atoms with Gasteiger partial charge in [-0.3, -0.25) is 9.78 Å². The molecule has 0 saturated carbocycles. The number of H-pyrrole nitrogens is 2. The van der Waals surface area contributed by atoms with E-state index in [-0.39, 0.29) is 11.9 Å². The van der Waals surface area contributed by atoms with E-state index in [1.54, 1.807) is 4.90 Å². The molecule has 1 saturated heterocycles. The lowest BCUT2D eigenvalue weighted by Gasteiger charge is -2.20. The molecule has 0 aliphatic carbocycles. The first-order valence-corrected chi connectivity index (χ1v) is 8.42. The zero-order valence-electron chi connectivity index (χ0n) is 14.3. The molecule has 1 aliphatic heterocycles. The average Bonchev–Trinajstić information content (AvgIpc) is 3.04. The topological polar surface area (TPSA) is 98.1 Å². The van der Waals surface area contributed by atoms with Gasteiger partial charge in [-0.25, -0.2) is 9.59 Å². The Bertz CT molecular complexity index is 856. The number of nitrogens with zero attached hydrogens (tertiary/aromatic N) is 1. The number of aromatic amines is 2. The number of likely N-dealkylation sites (tertiary alicyclic amines) is 1. The van der Waals surface area contributed by atoms with Gasteiger partial charge in [-0.1, -0.05) is 32.0 Å². The summed E-state index contributed by atoms with van der Waals surface area (Å²) in [6.45, 7) is 5.21. The van der Waals surface area contributed by atoms with Crippen LogP contribution in [0, 0.1) is 0 Å². The third-order valence-electron chi connectivity index (χ3n) is 4.52. The highest BCUT2D eigenvalue weighted by Crippen LogP contribution is 2.27. The van der Waals surface area contributed by atoms with Crippen LogP contribution in [0.25, 0.3) is 0 Å². The lowest BCUT2D eigenvalue weighted by atomic mass is 10.0. The van der Waals surface area contributed by atoms with E-state index in [0.29, 0.717) is 31.1 Å². The molecule has 2 amide bonds. The second-order valence-corrected chi connectivity index (χ2v) is 6.65. The summed E-state index contributed by atoms with van der Waals surface area (Å²) < 4.78 is 0. The monoisotopic (exact) mass is 342 g/mol. The van der Waals surface area contributed by atoms with Crippen LogP contribution in [0.2, 0.25) is 0 Å². The first kappa shape index (κ1) is 17.0. The van der Waals surface area contributed by atoms with Gasteiger partial charge in [-0.15, -0.1) is 0 Å². The van der Waals surface area contributed by atoms with Gasteiger partial charge in [0.05, 0.1) is 0 Å². The van der Waals surface area contributed by atoms with Gasteiger partial charge in [0, 0.05) is 36.5 Å². The molecule has 7 nitrogen and oxygen atoms in total. The number of amides is 2. The predicted octanol–water partition coefficient (Wildman–Crippen LogP) is 2.21. The maximum atomic E-state index is 12.6. The van der Waals surface area contributed by atoms with Crippen molar-refractivity contribution in [2.24, 2.45) is 0 Å². The minimum Gasteiger partial charge on any atom is -0.324 e. The average molecular weight is 342 g/mol. The molecule has 25 heavy (non-hydrogen) atoms. The van der Waals surface area contributed by atoms with Crippen LogP contribution in [0.15, 0.2) is 39.9 Å². The smallest absolute Gasteiger partial charge is 0.324 e. The van der Waals surface area contributed by atoms with E-state index >= 15 is 0 Å². The molecule has 7 heteroatoms. The molecule has 0 radical (unpaired) electrons. The maximum absolute atomic E-state index is 12.6. The molecule has 0 bridgehead atoms. The van der Waals surface area contributed by atoms with Crippen molar-refractivity contribution in [1.82, 2.24) is 14.9 Å². The van der Waals surface area contributed by atoms with E-state index in [2.05, 4.69) is 29.1 Å². The molecule has 0 spiro atoms. The molecular formula is C18H22N4O3. The van der Waals surface area contributed by atoms with Crippen molar-refractivity contribution in [3.63, 3.8) is 0 Å². The van der Waals surface area contributed by atoms with Crippen molar-refractivity contribution in [3.05, 3.63) is 62.4 Å². The molecule has 132 valence electrons. The van der Waals surface area contributed by atoms with Gasteiger partial charge in [0.15, 0.2) is 0 Å². The van der Waals surface area contributed by atoms with Crippen LogP contribution >= 0.6 is 0 Å². The summed E-state index contributed by atoms with van der Waals surface area (Å²) in [5, 5.41) is 2.98. The van der Waals surface area contributed by atoms with Crippen LogP contribution in [0.1, 0.15) is 43.4 Å². The number of benzene rings is 1. The molecule has 1 fully saturated rings. The molecule has 3 N–H and O–H groups in total. The predicted molar refractivity (Wildman–Crippen MR) is 96.2 cm³/mol. The van der Waals surface area contributed by atoms with Gasteiger partial charge in [0.1, 0.15) is 0 Å². The van der Waals surface area contributed by atoms with E-state index in [0.717, 1.165) is 11.3 Å². The highest BCUT2D eigenvalue weighted by atomic mass is 16.2. The second kappa shape index (κ2) is 6.96. The summed E-state index contributed by atoms with van der Waals surface area (Å²) in [7, 11) is 0. The van der Waals surface area contributed by atoms with Gasteiger partial charge in [0.25, 0.3) is 5.56 Å². The summed E-state index contributed by atoms with van der Waals surface area (Å²) >= 11 is 0. The van der Waals surface area contributed by atoms with E-state index in [1.807, 2.05) is 24.3 Å². The highest BCUT2D eigenvalue weighted by Gasteiger charge is 2.28. The summed E-state index contributed by atoms with van der Waals surface area (Å²) in [4.78, 5) is 42.0. The molecule has 1 aromatic heterocycles. The summed E-state index contributed by atoms with van der Waals surface area (Å²) in [5.74, 6) is 0.269. The highest BCUT2D eigenvalue weighted by molar-refractivity contribution is 5.90. The van der Waals surface area contributed by atoms with Gasteiger partial charge in [-0.2, -0.15) is 0 Å². The molecule has 3 rings (SSSR count). The van der Waals surface area contributed by atoms with E-state index < -0.39 is 11.2 Å². The largest absolute Gasteiger partial charge is 0.325 e. The first-order valence-electron chi connectivity index (χ1n) is 8.42. The number of rotatable bonds is 3. The number of hydrogen-bond acceptors (Lipinski definition) is 3. The standard InChI is InChI=1S/C18H22N4O3/c1-11(2)13-5-3-4-6-14(13)20-18(25)22-8-7-12(10-22)15-9-16(23)21-17(24)19-15/h3-6,9,11-12H,7-8,10H2,1-2H3,(H,20,25)(H2,19,21,23,24). The van der Waals surface area contributed by atoms with Crippen LogP contribution in [-0.4, -0.2) is 34.0 Å². The van der Waals surface area contributed by atoms with Crippen molar-refractivity contribution in [2.45, 2.75) is 32.1 Å². The zero-order chi connectivity index (χ0) is 18.0. The van der Waals surface area contributed by atoms with Crippen LogP contribution < -0.4 is 16.6 Å². The van der Waals surface area contributed by atoms with Gasteiger partial charge in [0.2, 0.25) is 0 Å². The van der Waals surface area contributed by atoms with Crippen molar-refractivity contribution >= 4 is 11.7 Å². The third kappa shape index (κ3) is 3.81. The van der Waals surface area contributed by atoms with Crippen molar-refractivity contribution in [3.8, 4) is 0 Å². The quantitative estimate of drug-likeness (QED) is 0.797. The lowest BCUT2D eigenvalue weighted by Crippen LogP contribution is -2.33.